The molecule has 10 heteroatoms. The average molecular weight is 443 g/mol. The first-order chi connectivity index (χ1) is 14.4. The van der Waals surface area contributed by atoms with Gasteiger partial charge in [0.15, 0.2) is 5.82 Å². The molecule has 0 spiro atoms. The number of amides is 1. The molecule has 30 heavy (non-hydrogen) atoms. The van der Waals surface area contributed by atoms with Crippen molar-refractivity contribution in [2.24, 2.45) is 0 Å². The molecule has 1 unspecified atom stereocenters. The maximum Gasteiger partial charge on any atom is 0.238 e. The Morgan fingerprint density at radius 3 is 2.70 bits per heavy atom. The van der Waals surface area contributed by atoms with Crippen molar-refractivity contribution in [3.63, 3.8) is 0 Å². The number of nitrogens with one attached hydrogen (secondary N) is 1. The molecule has 3 N–H and O–H groups in total. The van der Waals surface area contributed by atoms with Crippen molar-refractivity contribution in [3.8, 4) is 11.8 Å². The molecule has 0 saturated carbocycles. The second-order valence-corrected chi connectivity index (χ2v) is 9.03. The third kappa shape index (κ3) is 5.11. The SMILES string of the molecule is CC(Sc1nnc(COc2ccc(C(C)C)cc2)n1N)C(=O)Nc1sccc1C#N. The molecule has 156 valence electrons. The number of thioether (sulfide) groups is 1. The Balaban J connectivity index is 1.58. The van der Waals surface area contributed by atoms with Crippen LogP contribution in [0.15, 0.2) is 40.9 Å². The summed E-state index contributed by atoms with van der Waals surface area (Å²) in [6.45, 7) is 6.17. The summed E-state index contributed by atoms with van der Waals surface area (Å²) in [4.78, 5) is 12.4. The number of thiophene rings is 1. The molecule has 2 aromatic heterocycles. The van der Waals surface area contributed by atoms with Gasteiger partial charge in [-0.15, -0.1) is 21.5 Å². The molecular formula is C20H22N6O2S2. The van der Waals surface area contributed by atoms with E-state index in [1.165, 1.54) is 33.3 Å². The predicted octanol–water partition coefficient (Wildman–Crippen LogP) is 3.75. The summed E-state index contributed by atoms with van der Waals surface area (Å²) in [7, 11) is 0. The number of hydrogen-bond acceptors (Lipinski definition) is 8. The van der Waals surface area contributed by atoms with Gasteiger partial charge < -0.3 is 15.9 Å². The number of anilines is 1. The summed E-state index contributed by atoms with van der Waals surface area (Å²) in [6, 6.07) is 11.6. The van der Waals surface area contributed by atoms with E-state index < -0.39 is 5.25 Å². The minimum absolute atomic E-state index is 0.159. The highest BCUT2D eigenvalue weighted by Gasteiger charge is 2.21. The van der Waals surface area contributed by atoms with Gasteiger partial charge in [-0.25, -0.2) is 4.68 Å². The first-order valence-electron chi connectivity index (χ1n) is 9.26. The Bertz CT molecular complexity index is 1050. The number of carbonyl (C=O) groups excluding carboxylic acids is 1. The van der Waals surface area contributed by atoms with E-state index in [1.807, 2.05) is 30.3 Å². The minimum atomic E-state index is -0.484. The van der Waals surface area contributed by atoms with Crippen LogP contribution in [0, 0.1) is 11.3 Å². The molecular weight excluding hydrogens is 420 g/mol. The van der Waals surface area contributed by atoms with Gasteiger partial charge in [0, 0.05) is 0 Å². The van der Waals surface area contributed by atoms with Crippen molar-refractivity contribution in [3.05, 3.63) is 52.7 Å². The van der Waals surface area contributed by atoms with E-state index in [-0.39, 0.29) is 12.5 Å². The van der Waals surface area contributed by atoms with Crippen molar-refractivity contribution < 1.29 is 9.53 Å². The van der Waals surface area contributed by atoms with Crippen molar-refractivity contribution >= 4 is 34.0 Å². The highest BCUT2D eigenvalue weighted by molar-refractivity contribution is 8.00. The molecule has 1 amide bonds. The minimum Gasteiger partial charge on any atom is -0.486 e. The fraction of sp³-hybridized carbons (Fsp3) is 0.300. The number of nitrogen functional groups attached to an aromatic ring is 1. The van der Waals surface area contributed by atoms with Gasteiger partial charge in [0.2, 0.25) is 11.1 Å². The predicted molar refractivity (Wildman–Crippen MR) is 118 cm³/mol. The first kappa shape index (κ1) is 21.7. The largest absolute Gasteiger partial charge is 0.486 e. The molecule has 0 saturated heterocycles. The number of hydrogen-bond donors (Lipinski definition) is 2. The normalized spacial score (nSPS) is 11.8. The van der Waals surface area contributed by atoms with Gasteiger partial charge in [0.05, 0.1) is 10.8 Å². The van der Waals surface area contributed by atoms with Crippen LogP contribution in [-0.4, -0.2) is 26.0 Å². The molecule has 0 fully saturated rings. The van der Waals surface area contributed by atoms with E-state index in [2.05, 4.69) is 29.4 Å². The van der Waals surface area contributed by atoms with Gasteiger partial charge in [0.1, 0.15) is 23.4 Å². The first-order valence-corrected chi connectivity index (χ1v) is 11.0. The number of carbonyl (C=O) groups is 1. The fourth-order valence-electron chi connectivity index (χ4n) is 2.50. The number of rotatable bonds is 8. The lowest BCUT2D eigenvalue weighted by Gasteiger charge is -2.11. The van der Waals surface area contributed by atoms with Crippen LogP contribution in [0.1, 0.15) is 43.6 Å². The van der Waals surface area contributed by atoms with E-state index in [1.54, 1.807) is 18.4 Å². The summed E-state index contributed by atoms with van der Waals surface area (Å²) in [5.74, 6) is 7.45. The van der Waals surface area contributed by atoms with Gasteiger partial charge in [-0.2, -0.15) is 5.26 Å². The second kappa shape index (κ2) is 9.65. The molecule has 3 rings (SSSR count). The van der Waals surface area contributed by atoms with Gasteiger partial charge in [0.25, 0.3) is 0 Å². The highest BCUT2D eigenvalue weighted by Crippen LogP contribution is 2.26. The molecule has 1 aromatic carbocycles. The Hall–Kier alpha value is -3.03. The van der Waals surface area contributed by atoms with Crippen LogP contribution in [0.4, 0.5) is 5.00 Å². The summed E-state index contributed by atoms with van der Waals surface area (Å²) in [5, 5.41) is 22.1. The molecule has 2 heterocycles. The standard InChI is InChI=1S/C20H22N6O2S2/c1-12(2)14-4-6-16(7-5-14)28-11-17-24-25-20(26(17)22)30-13(3)18(27)23-19-15(10-21)8-9-29-19/h4-9,12-13H,11,22H2,1-3H3,(H,23,27). The number of benzene rings is 1. The monoisotopic (exact) mass is 442 g/mol. The van der Waals surface area contributed by atoms with E-state index in [4.69, 9.17) is 15.8 Å². The molecule has 3 aromatic rings. The Kier molecular flexibility index (Phi) is 6.97. The van der Waals surface area contributed by atoms with Gasteiger partial charge in [-0.05, 0) is 42.0 Å². The van der Waals surface area contributed by atoms with Crippen LogP contribution in [0.25, 0.3) is 0 Å². The van der Waals surface area contributed by atoms with Crippen molar-refractivity contribution in [1.29, 1.82) is 5.26 Å². The lowest BCUT2D eigenvalue weighted by Crippen LogP contribution is -2.24. The molecule has 0 bridgehead atoms. The second-order valence-electron chi connectivity index (χ2n) is 6.81. The van der Waals surface area contributed by atoms with E-state index >= 15 is 0 Å². The van der Waals surface area contributed by atoms with Crippen molar-refractivity contribution in [2.75, 3.05) is 11.2 Å². The molecule has 0 radical (unpaired) electrons. The van der Waals surface area contributed by atoms with Crippen LogP contribution in [0.3, 0.4) is 0 Å². The molecule has 8 nitrogen and oxygen atoms in total. The zero-order chi connectivity index (χ0) is 21.7. The maximum absolute atomic E-state index is 12.4. The van der Waals surface area contributed by atoms with Crippen LogP contribution in [-0.2, 0) is 11.4 Å². The summed E-state index contributed by atoms with van der Waals surface area (Å²) >= 11 is 2.48. The number of nitriles is 1. The van der Waals surface area contributed by atoms with Crippen molar-refractivity contribution in [1.82, 2.24) is 14.9 Å². The number of nitrogens with zero attached hydrogens (tertiary/aromatic N) is 4. The summed E-state index contributed by atoms with van der Waals surface area (Å²) in [5.41, 5.74) is 1.67. The van der Waals surface area contributed by atoms with Crippen LogP contribution >= 0.6 is 23.1 Å². The average Bonchev–Trinajstić information content (AvgIpc) is 3.33. The number of ether oxygens (including phenoxy) is 1. The fourth-order valence-corrected chi connectivity index (χ4v) is 4.03. The zero-order valence-corrected chi connectivity index (χ0v) is 18.5. The Labute approximate surface area is 183 Å². The number of nitrogens with two attached hydrogens (primary N) is 1. The lowest BCUT2D eigenvalue weighted by molar-refractivity contribution is -0.115. The van der Waals surface area contributed by atoms with Gasteiger partial charge in [-0.3, -0.25) is 4.79 Å². The summed E-state index contributed by atoms with van der Waals surface area (Å²) < 4.78 is 7.07. The Morgan fingerprint density at radius 1 is 1.30 bits per heavy atom. The van der Waals surface area contributed by atoms with Gasteiger partial charge in [-0.1, -0.05) is 37.7 Å². The van der Waals surface area contributed by atoms with E-state index in [0.29, 0.717) is 33.2 Å². The van der Waals surface area contributed by atoms with Crippen LogP contribution < -0.4 is 15.9 Å². The maximum atomic E-state index is 12.4. The van der Waals surface area contributed by atoms with Crippen LogP contribution in [0.2, 0.25) is 0 Å². The zero-order valence-electron chi connectivity index (χ0n) is 16.8. The third-order valence-electron chi connectivity index (χ3n) is 4.32. The molecule has 0 aliphatic rings. The molecule has 0 aliphatic heterocycles. The van der Waals surface area contributed by atoms with E-state index in [0.717, 1.165) is 0 Å². The molecule has 0 aliphatic carbocycles. The van der Waals surface area contributed by atoms with Gasteiger partial charge >= 0.3 is 0 Å². The van der Waals surface area contributed by atoms with Crippen molar-refractivity contribution in [2.45, 2.75) is 43.7 Å². The van der Waals surface area contributed by atoms with Crippen LogP contribution in [0.5, 0.6) is 5.75 Å². The Morgan fingerprint density at radius 2 is 2.03 bits per heavy atom. The molecule has 1 atom stereocenters. The third-order valence-corrected chi connectivity index (χ3v) is 6.21. The quantitative estimate of drug-likeness (QED) is 0.403. The van der Waals surface area contributed by atoms with E-state index in [9.17, 15) is 4.79 Å². The topological polar surface area (TPSA) is 119 Å². The smallest absolute Gasteiger partial charge is 0.238 e. The highest BCUT2D eigenvalue weighted by atomic mass is 32.2. The lowest BCUT2D eigenvalue weighted by atomic mass is 10.0. The number of aromatic nitrogens is 3. The summed E-state index contributed by atoms with van der Waals surface area (Å²) in [6.07, 6.45) is 0.